The van der Waals surface area contributed by atoms with Crippen LogP contribution in [0.5, 0.6) is 0 Å². The van der Waals surface area contributed by atoms with Crippen molar-refractivity contribution in [2.45, 2.75) is 36.5 Å². The zero-order valence-corrected chi connectivity index (χ0v) is 14.6. The number of halogens is 1. The average Bonchev–Trinajstić information content (AvgIpc) is 3.32. The van der Waals surface area contributed by atoms with Crippen molar-refractivity contribution in [1.82, 2.24) is 4.98 Å². The molecule has 1 heterocycles. The van der Waals surface area contributed by atoms with E-state index in [2.05, 4.69) is 11.1 Å². The number of nitrogens with zero attached hydrogens (tertiary/aromatic N) is 1. The van der Waals surface area contributed by atoms with E-state index in [1.54, 1.807) is 12.1 Å². The van der Waals surface area contributed by atoms with Crippen LogP contribution in [-0.2, 0) is 16.3 Å². The molecule has 0 radical (unpaired) electrons. The van der Waals surface area contributed by atoms with Crippen LogP contribution >= 0.6 is 11.6 Å². The van der Waals surface area contributed by atoms with E-state index in [9.17, 15) is 8.42 Å². The lowest BCUT2D eigenvalue weighted by molar-refractivity contribution is 0.561. The number of sulfone groups is 1. The summed E-state index contributed by atoms with van der Waals surface area (Å²) in [5.41, 5.74) is 2.07. The van der Waals surface area contributed by atoms with Crippen LogP contribution in [0.15, 0.2) is 47.5 Å². The molecule has 1 aliphatic rings. The molecule has 5 heteroatoms. The van der Waals surface area contributed by atoms with E-state index >= 15 is 0 Å². The number of pyridine rings is 1. The molecule has 1 saturated carbocycles. The Balaban J connectivity index is 1.85. The third-order valence-corrected chi connectivity index (χ3v) is 5.80. The van der Waals surface area contributed by atoms with Gasteiger partial charge in [-0.2, -0.15) is 0 Å². The summed E-state index contributed by atoms with van der Waals surface area (Å²) in [5.74, 6) is 1.11. The van der Waals surface area contributed by atoms with Gasteiger partial charge in [-0.15, -0.1) is 0 Å². The summed E-state index contributed by atoms with van der Waals surface area (Å²) in [6, 6.07) is 11.0. The Morgan fingerprint density at radius 2 is 2.04 bits per heavy atom. The number of benzene rings is 1. The quantitative estimate of drug-likeness (QED) is 0.782. The van der Waals surface area contributed by atoms with Crippen molar-refractivity contribution in [3.8, 4) is 0 Å². The molecule has 2 aromatic rings. The van der Waals surface area contributed by atoms with Crippen molar-refractivity contribution < 1.29 is 8.42 Å². The lowest BCUT2D eigenvalue weighted by Crippen LogP contribution is -2.07. The average molecular weight is 350 g/mol. The second-order valence-electron chi connectivity index (χ2n) is 6.36. The molecule has 3 rings (SSSR count). The lowest BCUT2D eigenvalue weighted by Gasteiger charge is -2.17. The van der Waals surface area contributed by atoms with E-state index < -0.39 is 9.84 Å². The second kappa shape index (κ2) is 6.62. The van der Waals surface area contributed by atoms with Crippen LogP contribution in [0, 0.1) is 5.92 Å². The van der Waals surface area contributed by atoms with Crippen LogP contribution in [0.25, 0.3) is 0 Å². The summed E-state index contributed by atoms with van der Waals surface area (Å²) in [6.45, 7) is 0. The topological polar surface area (TPSA) is 47.0 Å². The normalized spacial score (nSPS) is 16.3. The van der Waals surface area contributed by atoms with Crippen LogP contribution in [0.3, 0.4) is 0 Å². The molecule has 1 aliphatic carbocycles. The lowest BCUT2D eigenvalue weighted by atomic mass is 9.90. The summed E-state index contributed by atoms with van der Waals surface area (Å²) in [5, 5.41) is 0.518. The Bertz CT molecular complexity index is 786. The molecule has 23 heavy (non-hydrogen) atoms. The molecule has 0 saturated heterocycles. The maximum absolute atomic E-state index is 11.6. The van der Waals surface area contributed by atoms with Gasteiger partial charge in [-0.3, -0.25) is 4.98 Å². The van der Waals surface area contributed by atoms with E-state index in [0.29, 0.717) is 10.9 Å². The molecule has 1 fully saturated rings. The van der Waals surface area contributed by atoms with Gasteiger partial charge in [0.2, 0.25) is 0 Å². The molecule has 0 spiro atoms. The predicted octanol–water partition coefficient (Wildman–Crippen LogP) is 4.26. The smallest absolute Gasteiger partial charge is 0.175 e. The SMILES string of the molecule is CS(=O)(=O)c1ccc(CC(CC2CC2)c2ccccn2)c(Cl)c1. The zero-order valence-electron chi connectivity index (χ0n) is 13.1. The Hall–Kier alpha value is -1.39. The van der Waals surface area contributed by atoms with Gasteiger partial charge in [0.1, 0.15) is 0 Å². The van der Waals surface area contributed by atoms with Gasteiger partial charge in [0, 0.05) is 29.1 Å². The fourth-order valence-electron chi connectivity index (χ4n) is 2.87. The summed E-state index contributed by atoms with van der Waals surface area (Å²) in [6.07, 6.45) is 7.51. The van der Waals surface area contributed by atoms with Crippen molar-refractivity contribution in [1.29, 1.82) is 0 Å². The molecule has 3 nitrogen and oxygen atoms in total. The van der Waals surface area contributed by atoms with Gasteiger partial charge in [0.15, 0.2) is 9.84 Å². The van der Waals surface area contributed by atoms with Gasteiger partial charge >= 0.3 is 0 Å². The summed E-state index contributed by atoms with van der Waals surface area (Å²) in [7, 11) is -3.23. The molecule has 1 aromatic carbocycles. The van der Waals surface area contributed by atoms with E-state index in [-0.39, 0.29) is 4.90 Å². The highest BCUT2D eigenvalue weighted by Gasteiger charge is 2.27. The molecule has 1 aromatic heterocycles. The zero-order chi connectivity index (χ0) is 16.4. The van der Waals surface area contributed by atoms with Gasteiger partial charge in [-0.1, -0.05) is 36.6 Å². The van der Waals surface area contributed by atoms with Gasteiger partial charge in [-0.25, -0.2) is 8.42 Å². The van der Waals surface area contributed by atoms with Crippen molar-refractivity contribution in [3.05, 3.63) is 58.9 Å². The van der Waals surface area contributed by atoms with Gasteiger partial charge in [-0.05, 0) is 48.6 Å². The minimum Gasteiger partial charge on any atom is -0.261 e. The first-order valence-corrected chi connectivity index (χ1v) is 10.1. The summed E-state index contributed by atoms with van der Waals surface area (Å²) >= 11 is 6.33. The van der Waals surface area contributed by atoms with E-state index in [4.69, 9.17) is 11.6 Å². The van der Waals surface area contributed by atoms with Gasteiger partial charge < -0.3 is 0 Å². The Labute approximate surface area is 142 Å². The molecule has 0 aliphatic heterocycles. The molecular formula is C18H20ClNO2S. The Kier molecular flexibility index (Phi) is 4.74. The first kappa shape index (κ1) is 16.5. The molecule has 1 unspecified atom stereocenters. The second-order valence-corrected chi connectivity index (χ2v) is 8.78. The highest BCUT2D eigenvalue weighted by Crippen LogP contribution is 2.40. The Morgan fingerprint density at radius 1 is 1.26 bits per heavy atom. The number of hydrogen-bond acceptors (Lipinski definition) is 3. The highest BCUT2D eigenvalue weighted by atomic mass is 35.5. The minimum atomic E-state index is -3.23. The third-order valence-electron chi connectivity index (χ3n) is 4.34. The minimum absolute atomic E-state index is 0.267. The fourth-order valence-corrected chi connectivity index (χ4v) is 3.84. The number of aromatic nitrogens is 1. The standard InChI is InChI=1S/C18H20ClNO2S/c1-23(21,22)16-8-7-14(17(19)12-16)11-15(10-13-5-6-13)18-4-2-3-9-20-18/h2-4,7-9,12-13,15H,5-6,10-11H2,1H3. The van der Waals surface area contributed by atoms with Crippen LogP contribution in [0.4, 0.5) is 0 Å². The number of hydrogen-bond donors (Lipinski definition) is 0. The van der Waals surface area contributed by atoms with Crippen LogP contribution < -0.4 is 0 Å². The van der Waals surface area contributed by atoms with E-state index in [1.165, 1.54) is 19.1 Å². The maximum Gasteiger partial charge on any atom is 0.175 e. The Morgan fingerprint density at radius 3 is 2.61 bits per heavy atom. The first-order chi connectivity index (χ1) is 10.9. The maximum atomic E-state index is 11.6. The van der Waals surface area contributed by atoms with Gasteiger partial charge in [0.05, 0.1) is 4.90 Å². The van der Waals surface area contributed by atoms with Crippen molar-refractivity contribution in [2.75, 3.05) is 6.26 Å². The third kappa shape index (κ3) is 4.33. The van der Waals surface area contributed by atoms with Crippen LogP contribution in [0.2, 0.25) is 5.02 Å². The molecule has 0 amide bonds. The molecular weight excluding hydrogens is 330 g/mol. The van der Waals surface area contributed by atoms with E-state index in [0.717, 1.165) is 30.0 Å². The largest absolute Gasteiger partial charge is 0.261 e. The predicted molar refractivity (Wildman–Crippen MR) is 92.6 cm³/mol. The van der Waals surface area contributed by atoms with Crippen LogP contribution in [-0.4, -0.2) is 19.7 Å². The van der Waals surface area contributed by atoms with Gasteiger partial charge in [0.25, 0.3) is 0 Å². The van der Waals surface area contributed by atoms with Crippen molar-refractivity contribution >= 4 is 21.4 Å². The molecule has 0 N–H and O–H groups in total. The highest BCUT2D eigenvalue weighted by molar-refractivity contribution is 7.90. The molecule has 1 atom stereocenters. The first-order valence-electron chi connectivity index (χ1n) is 7.83. The monoisotopic (exact) mass is 349 g/mol. The fraction of sp³-hybridized carbons (Fsp3) is 0.389. The van der Waals surface area contributed by atoms with Crippen molar-refractivity contribution in [2.24, 2.45) is 5.92 Å². The van der Waals surface area contributed by atoms with Crippen LogP contribution in [0.1, 0.15) is 36.4 Å². The van der Waals surface area contributed by atoms with Crippen molar-refractivity contribution in [3.63, 3.8) is 0 Å². The molecule has 122 valence electrons. The van der Waals surface area contributed by atoms with E-state index in [1.807, 2.05) is 24.4 Å². The summed E-state index contributed by atoms with van der Waals surface area (Å²) in [4.78, 5) is 4.77. The number of rotatable bonds is 6. The molecule has 0 bridgehead atoms. The summed E-state index contributed by atoms with van der Waals surface area (Å²) < 4.78 is 23.3.